The van der Waals surface area contributed by atoms with Crippen molar-refractivity contribution < 1.29 is 28.7 Å². The Morgan fingerprint density at radius 3 is 2.40 bits per heavy atom. The number of carbonyl (C=O) groups is 4. The lowest BCUT2D eigenvalue weighted by Gasteiger charge is -2.24. The molecule has 1 fully saturated rings. The Morgan fingerprint density at radius 2 is 1.76 bits per heavy atom. The van der Waals surface area contributed by atoms with E-state index in [9.17, 15) is 19.2 Å². The Labute approximate surface area is 253 Å². The average molecular weight is 618 g/mol. The van der Waals surface area contributed by atoms with Gasteiger partial charge in [0, 0.05) is 23.4 Å². The molecule has 0 spiro atoms. The van der Waals surface area contributed by atoms with E-state index in [1.165, 1.54) is 12.1 Å². The fraction of sp³-hybridized carbons (Fsp3) is 0.400. The van der Waals surface area contributed by atoms with E-state index in [0.29, 0.717) is 37.1 Å². The van der Waals surface area contributed by atoms with Gasteiger partial charge in [0.2, 0.25) is 11.8 Å². The third kappa shape index (κ3) is 7.54. The molecule has 0 aliphatic carbocycles. The minimum atomic E-state index is -1.12. The predicted octanol–water partition coefficient (Wildman–Crippen LogP) is 4.63. The molecule has 12 heteroatoms. The molecule has 10 nitrogen and oxygen atoms in total. The van der Waals surface area contributed by atoms with Gasteiger partial charge in [0.1, 0.15) is 23.5 Å². The van der Waals surface area contributed by atoms with Gasteiger partial charge in [-0.1, -0.05) is 49.2 Å². The van der Waals surface area contributed by atoms with E-state index in [0.717, 1.165) is 5.39 Å². The summed E-state index contributed by atoms with van der Waals surface area (Å²) in [5, 5.41) is 9.32. The summed E-state index contributed by atoms with van der Waals surface area (Å²) < 4.78 is 10.9. The number of nitrogens with one attached hydrogen (secondary N) is 4. The quantitative estimate of drug-likeness (QED) is 0.173. The van der Waals surface area contributed by atoms with Crippen LogP contribution in [0.5, 0.6) is 11.5 Å². The van der Waals surface area contributed by atoms with Crippen LogP contribution in [0.1, 0.15) is 50.0 Å². The molecule has 1 aliphatic rings. The third-order valence-electron chi connectivity index (χ3n) is 7.11. The molecule has 0 unspecified atom stereocenters. The SMILES string of the molecule is COc1cccc2[nH]c(C(=O)N[C@@H](CC(C)C)C(=O)N[C@@H](CC[C@@H]3CCNC3=O)C(=O)Oc3c(Cl)cccc3Cl)cc12. The number of amides is 3. The number of aromatic nitrogens is 1. The maximum atomic E-state index is 13.6. The summed E-state index contributed by atoms with van der Waals surface area (Å²) in [6.45, 7) is 4.40. The summed E-state index contributed by atoms with van der Waals surface area (Å²) in [6.07, 6.45) is 1.42. The van der Waals surface area contributed by atoms with E-state index >= 15 is 0 Å². The molecule has 3 atom stereocenters. The average Bonchev–Trinajstić information content (AvgIpc) is 3.58. The molecule has 4 N–H and O–H groups in total. The molecule has 224 valence electrons. The number of carbonyl (C=O) groups excluding carboxylic acids is 4. The number of benzene rings is 2. The first-order chi connectivity index (χ1) is 20.1. The van der Waals surface area contributed by atoms with Crippen LogP contribution in [0.4, 0.5) is 0 Å². The zero-order valence-electron chi connectivity index (χ0n) is 23.6. The Hall–Kier alpha value is -3.76. The first kappa shape index (κ1) is 31.2. The number of para-hydroxylation sites is 1. The fourth-order valence-corrected chi connectivity index (χ4v) is 5.40. The number of H-pyrrole nitrogens is 1. The second kappa shape index (κ2) is 13.9. The van der Waals surface area contributed by atoms with E-state index in [4.69, 9.17) is 32.7 Å². The molecule has 4 rings (SSSR count). The molecule has 3 aromatic rings. The minimum Gasteiger partial charge on any atom is -0.496 e. The Kier molecular flexibility index (Phi) is 10.3. The van der Waals surface area contributed by atoms with Gasteiger partial charge in [-0.2, -0.15) is 0 Å². The number of hydrogen-bond donors (Lipinski definition) is 4. The van der Waals surface area contributed by atoms with Gasteiger partial charge in [-0.15, -0.1) is 0 Å². The largest absolute Gasteiger partial charge is 0.496 e. The fourth-order valence-electron chi connectivity index (χ4n) is 4.93. The highest BCUT2D eigenvalue weighted by Gasteiger charge is 2.32. The molecule has 0 radical (unpaired) electrons. The molecule has 2 heterocycles. The molecule has 1 aromatic heterocycles. The first-order valence-corrected chi connectivity index (χ1v) is 14.5. The van der Waals surface area contributed by atoms with Crippen molar-refractivity contribution in [2.24, 2.45) is 11.8 Å². The molecule has 42 heavy (non-hydrogen) atoms. The van der Waals surface area contributed by atoms with Crippen LogP contribution in [0.25, 0.3) is 10.9 Å². The topological polar surface area (TPSA) is 139 Å². The second-order valence-corrected chi connectivity index (χ2v) is 11.5. The molecule has 0 bridgehead atoms. The molecule has 1 aliphatic heterocycles. The molecule has 3 amide bonds. The standard InChI is InChI=1S/C30H34Cl2N4O6/c1-16(2)14-23(36-29(39)24-15-18-21(34-24)8-5-9-25(18)41-3)28(38)35-22(11-10-17-12-13-33-27(17)37)30(40)42-26-19(31)6-4-7-20(26)32/h4-9,15-17,22-23,34H,10-14H2,1-3H3,(H,33,37)(H,35,38)(H,36,39)/t17-,22+,23+/m1/s1. The van der Waals surface area contributed by atoms with E-state index in [1.54, 1.807) is 31.4 Å². The van der Waals surface area contributed by atoms with Crippen LogP contribution >= 0.6 is 23.2 Å². The zero-order valence-corrected chi connectivity index (χ0v) is 25.1. The van der Waals surface area contributed by atoms with Crippen molar-refractivity contribution in [2.75, 3.05) is 13.7 Å². The Balaban J connectivity index is 1.53. The van der Waals surface area contributed by atoms with Crippen molar-refractivity contribution >= 4 is 57.8 Å². The molecule has 1 saturated heterocycles. The summed E-state index contributed by atoms with van der Waals surface area (Å²) in [5.74, 6) is -1.59. The van der Waals surface area contributed by atoms with Crippen LogP contribution in [-0.2, 0) is 14.4 Å². The van der Waals surface area contributed by atoms with Crippen molar-refractivity contribution in [2.45, 2.75) is 51.6 Å². The van der Waals surface area contributed by atoms with Gasteiger partial charge in [-0.25, -0.2) is 4.79 Å². The van der Waals surface area contributed by atoms with Crippen LogP contribution in [0, 0.1) is 11.8 Å². The number of aromatic amines is 1. The summed E-state index contributed by atoms with van der Waals surface area (Å²) in [7, 11) is 1.55. The van der Waals surface area contributed by atoms with Crippen LogP contribution in [0.3, 0.4) is 0 Å². The van der Waals surface area contributed by atoms with E-state index in [1.807, 2.05) is 19.9 Å². The number of methoxy groups -OCH3 is 1. The van der Waals surface area contributed by atoms with Gasteiger partial charge in [-0.05, 0) is 61.9 Å². The number of ether oxygens (including phenoxy) is 2. The summed E-state index contributed by atoms with van der Waals surface area (Å²) in [5.41, 5.74) is 0.967. The summed E-state index contributed by atoms with van der Waals surface area (Å²) in [6, 6.07) is 9.66. The Morgan fingerprint density at radius 1 is 1.05 bits per heavy atom. The van der Waals surface area contributed by atoms with Crippen LogP contribution in [-0.4, -0.2) is 54.4 Å². The van der Waals surface area contributed by atoms with Gasteiger partial charge in [0.05, 0.1) is 17.2 Å². The van der Waals surface area contributed by atoms with Gasteiger partial charge < -0.3 is 30.4 Å². The smallest absolute Gasteiger partial charge is 0.334 e. The van der Waals surface area contributed by atoms with Crippen molar-refractivity contribution in [3.63, 3.8) is 0 Å². The van der Waals surface area contributed by atoms with Crippen molar-refractivity contribution in [3.05, 3.63) is 58.2 Å². The second-order valence-electron chi connectivity index (χ2n) is 10.6. The minimum absolute atomic E-state index is 0.0232. The lowest BCUT2D eigenvalue weighted by Crippen LogP contribution is -2.53. The lowest BCUT2D eigenvalue weighted by atomic mass is 9.97. The molecular formula is C30H34Cl2N4O6. The molecule has 0 saturated carbocycles. The summed E-state index contributed by atoms with van der Waals surface area (Å²) >= 11 is 12.4. The van der Waals surface area contributed by atoms with Gasteiger partial charge in [-0.3, -0.25) is 14.4 Å². The normalized spacial score (nSPS) is 16.1. The van der Waals surface area contributed by atoms with Gasteiger partial charge in [0.15, 0.2) is 5.75 Å². The molecule has 2 aromatic carbocycles. The zero-order chi connectivity index (χ0) is 30.4. The highest BCUT2D eigenvalue weighted by molar-refractivity contribution is 6.37. The van der Waals surface area contributed by atoms with Crippen molar-refractivity contribution in [1.82, 2.24) is 20.9 Å². The number of esters is 1. The van der Waals surface area contributed by atoms with Gasteiger partial charge >= 0.3 is 5.97 Å². The monoisotopic (exact) mass is 616 g/mol. The number of rotatable bonds is 12. The predicted molar refractivity (Wildman–Crippen MR) is 160 cm³/mol. The maximum Gasteiger partial charge on any atom is 0.334 e. The highest BCUT2D eigenvalue weighted by atomic mass is 35.5. The maximum absolute atomic E-state index is 13.6. The lowest BCUT2D eigenvalue weighted by molar-refractivity contribution is -0.140. The number of halogens is 2. The highest BCUT2D eigenvalue weighted by Crippen LogP contribution is 2.33. The van der Waals surface area contributed by atoms with Gasteiger partial charge in [0.25, 0.3) is 5.91 Å². The number of fused-ring (bicyclic) bond motifs is 1. The Bertz CT molecular complexity index is 1450. The van der Waals surface area contributed by atoms with Crippen LogP contribution in [0.2, 0.25) is 10.0 Å². The van der Waals surface area contributed by atoms with E-state index in [2.05, 4.69) is 20.9 Å². The van der Waals surface area contributed by atoms with E-state index in [-0.39, 0.29) is 45.7 Å². The summed E-state index contributed by atoms with van der Waals surface area (Å²) in [4.78, 5) is 55.4. The van der Waals surface area contributed by atoms with Crippen molar-refractivity contribution in [3.8, 4) is 11.5 Å². The first-order valence-electron chi connectivity index (χ1n) is 13.8. The van der Waals surface area contributed by atoms with Crippen molar-refractivity contribution in [1.29, 1.82) is 0 Å². The van der Waals surface area contributed by atoms with Crippen LogP contribution < -0.4 is 25.4 Å². The molecular weight excluding hydrogens is 583 g/mol. The van der Waals surface area contributed by atoms with Crippen LogP contribution in [0.15, 0.2) is 42.5 Å². The third-order valence-corrected chi connectivity index (χ3v) is 7.70. The number of hydrogen-bond acceptors (Lipinski definition) is 6. The van der Waals surface area contributed by atoms with E-state index < -0.39 is 29.9 Å².